The number of hydrogen-bond acceptors (Lipinski definition) is 2. The summed E-state index contributed by atoms with van der Waals surface area (Å²) in [6.45, 7) is 6.09. The summed E-state index contributed by atoms with van der Waals surface area (Å²) in [5, 5.41) is 2.95. The van der Waals surface area contributed by atoms with Gasteiger partial charge in [-0.3, -0.25) is 4.79 Å². The van der Waals surface area contributed by atoms with Crippen LogP contribution in [0.4, 0.5) is 0 Å². The number of hydrogen-bond donors (Lipinski definition) is 1. The molecule has 3 heteroatoms. The summed E-state index contributed by atoms with van der Waals surface area (Å²) >= 11 is 0. The highest BCUT2D eigenvalue weighted by molar-refractivity contribution is 5.91. The van der Waals surface area contributed by atoms with Crippen LogP contribution < -0.4 is 5.32 Å². The summed E-state index contributed by atoms with van der Waals surface area (Å²) in [5.74, 6) is 0.535. The molecule has 0 spiro atoms. The van der Waals surface area contributed by atoms with E-state index >= 15 is 0 Å². The minimum absolute atomic E-state index is 0.0256. The number of benzene rings is 1. The second-order valence-corrected chi connectivity index (χ2v) is 5.00. The van der Waals surface area contributed by atoms with Crippen LogP contribution >= 0.6 is 0 Å². The van der Waals surface area contributed by atoms with Gasteiger partial charge in [0.05, 0.1) is 12.3 Å². The van der Waals surface area contributed by atoms with Gasteiger partial charge in [0.25, 0.3) is 0 Å². The molecule has 2 rings (SSSR count). The number of nitrogens with one attached hydrogen (secondary N) is 1. The molecule has 1 N–H and O–H groups in total. The van der Waals surface area contributed by atoms with Crippen LogP contribution in [-0.2, 0) is 4.79 Å². The number of carbonyl (C=O) groups is 1. The van der Waals surface area contributed by atoms with Gasteiger partial charge in [-0.15, -0.1) is 0 Å². The Morgan fingerprint density at radius 2 is 1.95 bits per heavy atom. The van der Waals surface area contributed by atoms with E-state index in [1.165, 1.54) is 17.2 Å². The van der Waals surface area contributed by atoms with Crippen molar-refractivity contribution in [3.63, 3.8) is 0 Å². The van der Waals surface area contributed by atoms with Crippen LogP contribution in [0.2, 0.25) is 0 Å². The Morgan fingerprint density at radius 1 is 1.25 bits per heavy atom. The zero-order chi connectivity index (χ0) is 14.5. The van der Waals surface area contributed by atoms with Gasteiger partial charge in [-0.05, 0) is 44.5 Å². The van der Waals surface area contributed by atoms with Gasteiger partial charge >= 0.3 is 0 Å². The van der Waals surface area contributed by atoms with Crippen molar-refractivity contribution in [1.82, 2.24) is 5.32 Å². The second kappa shape index (κ2) is 6.24. The van der Waals surface area contributed by atoms with Crippen molar-refractivity contribution in [3.05, 3.63) is 65.1 Å². The van der Waals surface area contributed by atoms with E-state index in [4.69, 9.17) is 4.42 Å². The van der Waals surface area contributed by atoms with E-state index in [-0.39, 0.29) is 11.9 Å². The predicted molar refractivity (Wildman–Crippen MR) is 80.2 cm³/mol. The smallest absolute Gasteiger partial charge is 0.244 e. The van der Waals surface area contributed by atoms with Crippen LogP contribution in [-0.4, -0.2) is 5.91 Å². The molecule has 0 fully saturated rings. The van der Waals surface area contributed by atoms with Crippen molar-refractivity contribution >= 4 is 12.0 Å². The molecule has 104 valence electrons. The first kappa shape index (κ1) is 14.1. The molecule has 1 heterocycles. The molecule has 20 heavy (non-hydrogen) atoms. The van der Waals surface area contributed by atoms with Crippen LogP contribution in [0.25, 0.3) is 6.08 Å². The van der Waals surface area contributed by atoms with Gasteiger partial charge in [0, 0.05) is 6.08 Å². The first-order chi connectivity index (χ1) is 9.54. The third-order valence-electron chi connectivity index (χ3n) is 3.04. The Balaban J connectivity index is 2.00. The molecular formula is C17H19NO2. The summed E-state index contributed by atoms with van der Waals surface area (Å²) in [6, 6.07) is 9.87. The van der Waals surface area contributed by atoms with Crippen LogP contribution in [0.5, 0.6) is 0 Å². The number of rotatable bonds is 4. The monoisotopic (exact) mass is 269 g/mol. The van der Waals surface area contributed by atoms with Crippen molar-refractivity contribution in [3.8, 4) is 0 Å². The van der Waals surface area contributed by atoms with E-state index < -0.39 is 0 Å². The fourth-order valence-corrected chi connectivity index (χ4v) is 2.15. The predicted octanol–water partition coefficient (Wildman–Crippen LogP) is 3.79. The van der Waals surface area contributed by atoms with Crippen molar-refractivity contribution in [2.45, 2.75) is 26.8 Å². The third kappa shape index (κ3) is 3.85. The molecule has 1 aromatic carbocycles. The molecule has 0 saturated carbocycles. The van der Waals surface area contributed by atoms with Gasteiger partial charge in [-0.25, -0.2) is 0 Å². The highest BCUT2D eigenvalue weighted by Crippen LogP contribution is 2.16. The average molecular weight is 269 g/mol. The van der Waals surface area contributed by atoms with E-state index in [9.17, 15) is 4.79 Å². The molecule has 3 nitrogen and oxygen atoms in total. The maximum atomic E-state index is 11.9. The van der Waals surface area contributed by atoms with Crippen molar-refractivity contribution in [1.29, 1.82) is 0 Å². The van der Waals surface area contributed by atoms with E-state index in [1.54, 1.807) is 24.5 Å². The largest absolute Gasteiger partial charge is 0.465 e. The summed E-state index contributed by atoms with van der Waals surface area (Å²) < 4.78 is 5.14. The van der Waals surface area contributed by atoms with Crippen molar-refractivity contribution in [2.24, 2.45) is 0 Å². The lowest BCUT2D eigenvalue weighted by molar-refractivity contribution is -0.117. The number of aryl methyl sites for hydroxylation is 2. The molecule has 2 aromatic rings. The maximum absolute atomic E-state index is 11.9. The van der Waals surface area contributed by atoms with Gasteiger partial charge in [-0.1, -0.05) is 29.3 Å². The van der Waals surface area contributed by atoms with Crippen molar-refractivity contribution in [2.75, 3.05) is 0 Å². The van der Waals surface area contributed by atoms with E-state index in [1.807, 2.05) is 6.92 Å². The average Bonchev–Trinajstić information content (AvgIpc) is 2.88. The molecule has 1 unspecified atom stereocenters. The molecule has 0 aliphatic carbocycles. The molecule has 1 atom stereocenters. The minimum atomic E-state index is -0.131. The highest BCUT2D eigenvalue weighted by atomic mass is 16.3. The summed E-state index contributed by atoms with van der Waals surface area (Å²) in [4.78, 5) is 11.9. The topological polar surface area (TPSA) is 42.2 Å². The van der Waals surface area contributed by atoms with Crippen LogP contribution in [0, 0.1) is 13.8 Å². The lowest BCUT2D eigenvalue weighted by Gasteiger charge is -2.14. The lowest BCUT2D eigenvalue weighted by Crippen LogP contribution is -2.24. The van der Waals surface area contributed by atoms with Crippen molar-refractivity contribution < 1.29 is 9.21 Å². The van der Waals surface area contributed by atoms with Gasteiger partial charge < -0.3 is 9.73 Å². The molecular weight excluding hydrogens is 250 g/mol. The zero-order valence-corrected chi connectivity index (χ0v) is 12.0. The summed E-state index contributed by atoms with van der Waals surface area (Å²) in [7, 11) is 0. The minimum Gasteiger partial charge on any atom is -0.465 e. The Labute approximate surface area is 119 Å². The quantitative estimate of drug-likeness (QED) is 0.858. The number of carbonyl (C=O) groups excluding carboxylic acids is 1. The Bertz CT molecular complexity index is 592. The molecule has 0 saturated heterocycles. The van der Waals surface area contributed by atoms with Gasteiger partial charge in [0.2, 0.25) is 5.91 Å². The normalized spacial score (nSPS) is 12.6. The van der Waals surface area contributed by atoms with E-state index in [0.29, 0.717) is 5.76 Å². The first-order valence-electron chi connectivity index (χ1n) is 6.65. The van der Waals surface area contributed by atoms with Gasteiger partial charge in [-0.2, -0.15) is 0 Å². The molecule has 0 bridgehead atoms. The van der Waals surface area contributed by atoms with Crippen LogP contribution in [0.15, 0.2) is 47.1 Å². The molecule has 0 aliphatic heterocycles. The zero-order valence-electron chi connectivity index (χ0n) is 12.0. The summed E-state index contributed by atoms with van der Waals surface area (Å²) in [5.41, 5.74) is 3.52. The van der Waals surface area contributed by atoms with E-state index in [0.717, 1.165) is 5.56 Å². The highest BCUT2D eigenvalue weighted by Gasteiger charge is 2.08. The number of furan rings is 1. The SMILES string of the molecule is Cc1cc(C)cc(C(C)NC(=O)C=Cc2ccco2)c1. The molecule has 1 amide bonds. The maximum Gasteiger partial charge on any atom is 0.244 e. The van der Waals surface area contributed by atoms with E-state index in [2.05, 4.69) is 37.4 Å². The third-order valence-corrected chi connectivity index (χ3v) is 3.04. The Morgan fingerprint density at radius 3 is 2.55 bits per heavy atom. The molecule has 0 radical (unpaired) electrons. The second-order valence-electron chi connectivity index (χ2n) is 5.00. The summed E-state index contributed by atoms with van der Waals surface area (Å²) in [6.07, 6.45) is 4.72. The molecule has 0 aliphatic rings. The van der Waals surface area contributed by atoms with Crippen LogP contribution in [0.1, 0.15) is 35.4 Å². The first-order valence-corrected chi connectivity index (χ1v) is 6.65. The molecule has 1 aromatic heterocycles. The van der Waals surface area contributed by atoms with Gasteiger partial charge in [0.1, 0.15) is 5.76 Å². The standard InChI is InChI=1S/C17H19NO2/c1-12-9-13(2)11-15(10-12)14(3)18-17(19)7-6-16-5-4-8-20-16/h4-11,14H,1-3H3,(H,18,19). The van der Waals surface area contributed by atoms with Crippen LogP contribution in [0.3, 0.4) is 0 Å². The Kier molecular flexibility index (Phi) is 4.41. The Hall–Kier alpha value is -2.29. The fourth-order valence-electron chi connectivity index (χ4n) is 2.15. The fraction of sp³-hybridized carbons (Fsp3) is 0.235. The number of amides is 1. The lowest BCUT2D eigenvalue weighted by atomic mass is 10.0. The van der Waals surface area contributed by atoms with Gasteiger partial charge in [0.15, 0.2) is 0 Å².